The Bertz CT molecular complexity index is 312. The molecule has 110 valence electrons. The molecule has 0 saturated heterocycles. The summed E-state index contributed by atoms with van der Waals surface area (Å²) in [7, 11) is 0. The van der Waals surface area contributed by atoms with Crippen LogP contribution >= 0.6 is 0 Å². The third kappa shape index (κ3) is 4.40. The van der Waals surface area contributed by atoms with Gasteiger partial charge in [-0.2, -0.15) is 0 Å². The molecule has 1 saturated carbocycles. The van der Waals surface area contributed by atoms with E-state index >= 15 is 0 Å². The Balaban J connectivity index is 2.64. The highest BCUT2D eigenvalue weighted by Crippen LogP contribution is 2.22. The van der Waals surface area contributed by atoms with Crippen LogP contribution in [0, 0.1) is 5.92 Å². The molecule has 0 bridgehead atoms. The molecule has 0 aromatic heterocycles. The Morgan fingerprint density at radius 1 is 1.26 bits per heavy atom. The molecule has 0 unspecified atom stereocenters. The number of hydrogen-bond acceptors (Lipinski definition) is 2. The Morgan fingerprint density at radius 2 is 1.84 bits per heavy atom. The number of aliphatic carboxylic acids is 1. The van der Waals surface area contributed by atoms with Gasteiger partial charge in [0.2, 0.25) is 0 Å². The van der Waals surface area contributed by atoms with E-state index in [1.54, 1.807) is 18.7 Å². The number of carbonyl (C=O) groups is 2. The van der Waals surface area contributed by atoms with Crippen molar-refractivity contribution >= 4 is 12.0 Å². The van der Waals surface area contributed by atoms with Gasteiger partial charge < -0.3 is 15.3 Å². The van der Waals surface area contributed by atoms with Crippen molar-refractivity contribution in [1.29, 1.82) is 0 Å². The summed E-state index contributed by atoms with van der Waals surface area (Å²) in [6.45, 7) is 6.17. The summed E-state index contributed by atoms with van der Waals surface area (Å²) in [6.07, 6.45) is 5.60. The maximum atomic E-state index is 12.2. The highest BCUT2D eigenvalue weighted by Gasteiger charge is 2.29. The molecule has 1 aliphatic rings. The van der Waals surface area contributed by atoms with Crippen molar-refractivity contribution in [3.63, 3.8) is 0 Å². The van der Waals surface area contributed by atoms with Crippen LogP contribution in [0.25, 0.3) is 0 Å². The minimum absolute atomic E-state index is 0.119. The zero-order valence-electron chi connectivity index (χ0n) is 12.2. The van der Waals surface area contributed by atoms with Gasteiger partial charge in [-0.3, -0.25) is 0 Å². The number of nitrogens with zero attached hydrogens (tertiary/aromatic N) is 1. The summed E-state index contributed by atoms with van der Waals surface area (Å²) >= 11 is 0. The molecule has 5 nitrogen and oxygen atoms in total. The van der Waals surface area contributed by atoms with E-state index in [0.29, 0.717) is 6.54 Å². The zero-order chi connectivity index (χ0) is 14.4. The number of carboxylic acid groups (broad SMARTS) is 1. The molecule has 0 spiro atoms. The second-order valence-electron chi connectivity index (χ2n) is 5.59. The van der Waals surface area contributed by atoms with Crippen LogP contribution in [0.3, 0.4) is 0 Å². The van der Waals surface area contributed by atoms with Gasteiger partial charge >= 0.3 is 12.0 Å². The number of amides is 2. The van der Waals surface area contributed by atoms with E-state index in [1.807, 2.05) is 6.92 Å². The molecule has 1 fully saturated rings. The van der Waals surface area contributed by atoms with Gasteiger partial charge in [0.05, 0.1) is 0 Å². The lowest BCUT2D eigenvalue weighted by Gasteiger charge is -2.34. The summed E-state index contributed by atoms with van der Waals surface area (Å²) in [4.78, 5) is 25.2. The monoisotopic (exact) mass is 270 g/mol. The Labute approximate surface area is 115 Å². The highest BCUT2D eigenvalue weighted by atomic mass is 16.4. The lowest BCUT2D eigenvalue weighted by molar-refractivity contribution is -0.140. The first-order valence-electron chi connectivity index (χ1n) is 7.27. The average Bonchev–Trinajstić information content (AvgIpc) is 2.37. The second-order valence-corrected chi connectivity index (χ2v) is 5.59. The fourth-order valence-corrected chi connectivity index (χ4v) is 2.69. The maximum absolute atomic E-state index is 12.2. The molecule has 1 rings (SSSR count). The Kier molecular flexibility index (Phi) is 6.12. The average molecular weight is 270 g/mol. The van der Waals surface area contributed by atoms with Crippen LogP contribution in [0.1, 0.15) is 52.9 Å². The van der Waals surface area contributed by atoms with E-state index in [1.165, 1.54) is 6.42 Å². The van der Waals surface area contributed by atoms with E-state index in [4.69, 9.17) is 5.11 Å². The summed E-state index contributed by atoms with van der Waals surface area (Å²) < 4.78 is 0. The smallest absolute Gasteiger partial charge is 0.326 e. The summed E-state index contributed by atoms with van der Waals surface area (Å²) in [5, 5.41) is 11.8. The van der Waals surface area contributed by atoms with Crippen molar-refractivity contribution < 1.29 is 14.7 Å². The number of rotatable bonds is 5. The fraction of sp³-hybridized carbons (Fsp3) is 0.857. The quantitative estimate of drug-likeness (QED) is 0.806. The van der Waals surface area contributed by atoms with E-state index in [9.17, 15) is 9.59 Å². The van der Waals surface area contributed by atoms with Crippen LogP contribution in [0.4, 0.5) is 4.79 Å². The van der Waals surface area contributed by atoms with Crippen LogP contribution < -0.4 is 5.32 Å². The standard InChI is InChI=1S/C14H26N2O3/c1-4-16(11-8-6-5-7-9-11)14(19)15-12(10(2)3)13(17)18/h10-12H,4-9H2,1-3H3,(H,15,19)(H,17,18)/t12-/m1/s1. The molecular formula is C14H26N2O3. The van der Waals surface area contributed by atoms with E-state index < -0.39 is 12.0 Å². The minimum atomic E-state index is -0.969. The maximum Gasteiger partial charge on any atom is 0.326 e. The van der Waals surface area contributed by atoms with Crippen LogP contribution in [-0.2, 0) is 4.79 Å². The highest BCUT2D eigenvalue weighted by molar-refractivity contribution is 5.82. The number of carbonyl (C=O) groups excluding carboxylic acids is 1. The van der Waals surface area contributed by atoms with Crippen molar-refractivity contribution in [1.82, 2.24) is 10.2 Å². The number of carboxylic acids is 1. The van der Waals surface area contributed by atoms with Gasteiger partial charge in [0.15, 0.2) is 0 Å². The van der Waals surface area contributed by atoms with Crippen molar-refractivity contribution in [2.24, 2.45) is 5.92 Å². The van der Waals surface area contributed by atoms with Gasteiger partial charge in [-0.25, -0.2) is 9.59 Å². The molecular weight excluding hydrogens is 244 g/mol. The van der Waals surface area contributed by atoms with Gasteiger partial charge in [0, 0.05) is 12.6 Å². The normalized spacial score (nSPS) is 18.1. The predicted octanol–water partition coefficient (Wildman–Crippen LogP) is 2.46. The minimum Gasteiger partial charge on any atom is -0.480 e. The third-order valence-electron chi connectivity index (χ3n) is 3.83. The first-order chi connectivity index (χ1) is 8.97. The molecule has 2 N–H and O–H groups in total. The van der Waals surface area contributed by atoms with Gasteiger partial charge in [-0.1, -0.05) is 33.1 Å². The lowest BCUT2D eigenvalue weighted by atomic mass is 9.94. The van der Waals surface area contributed by atoms with E-state index in [0.717, 1.165) is 25.7 Å². The number of hydrogen-bond donors (Lipinski definition) is 2. The molecule has 1 aliphatic carbocycles. The first kappa shape index (κ1) is 15.8. The van der Waals surface area contributed by atoms with Gasteiger partial charge in [0.25, 0.3) is 0 Å². The Hall–Kier alpha value is -1.26. The van der Waals surface area contributed by atoms with Crippen LogP contribution in [-0.4, -0.2) is 40.6 Å². The molecule has 5 heteroatoms. The van der Waals surface area contributed by atoms with Crippen LogP contribution in [0.2, 0.25) is 0 Å². The summed E-state index contributed by atoms with van der Waals surface area (Å²) in [6, 6.07) is -0.791. The molecule has 0 aliphatic heterocycles. The van der Waals surface area contributed by atoms with Gasteiger partial charge in [0.1, 0.15) is 6.04 Å². The summed E-state index contributed by atoms with van der Waals surface area (Å²) in [5.74, 6) is -1.09. The molecule has 1 atom stereocenters. The second kappa shape index (κ2) is 7.36. The van der Waals surface area contributed by atoms with Crippen molar-refractivity contribution in [2.45, 2.75) is 65.0 Å². The molecule has 0 aromatic carbocycles. The zero-order valence-corrected chi connectivity index (χ0v) is 12.2. The predicted molar refractivity (Wildman–Crippen MR) is 74.0 cm³/mol. The van der Waals surface area contributed by atoms with Gasteiger partial charge in [-0.15, -0.1) is 0 Å². The summed E-state index contributed by atoms with van der Waals surface area (Å²) in [5.41, 5.74) is 0. The molecule has 0 aromatic rings. The van der Waals surface area contributed by atoms with Crippen molar-refractivity contribution in [3.8, 4) is 0 Å². The van der Waals surface area contributed by atoms with E-state index in [-0.39, 0.29) is 18.0 Å². The van der Waals surface area contributed by atoms with Crippen LogP contribution in [0.5, 0.6) is 0 Å². The number of urea groups is 1. The SMILES string of the molecule is CCN(C(=O)N[C@@H](C(=O)O)C(C)C)C1CCCCC1. The van der Waals surface area contributed by atoms with Crippen molar-refractivity contribution in [2.75, 3.05) is 6.54 Å². The lowest BCUT2D eigenvalue weighted by Crippen LogP contribution is -2.53. The van der Waals surface area contributed by atoms with Gasteiger partial charge in [-0.05, 0) is 25.7 Å². The van der Waals surface area contributed by atoms with Crippen LogP contribution in [0.15, 0.2) is 0 Å². The molecule has 19 heavy (non-hydrogen) atoms. The largest absolute Gasteiger partial charge is 0.480 e. The fourth-order valence-electron chi connectivity index (χ4n) is 2.69. The third-order valence-corrected chi connectivity index (χ3v) is 3.83. The topological polar surface area (TPSA) is 69.6 Å². The van der Waals surface area contributed by atoms with Crippen molar-refractivity contribution in [3.05, 3.63) is 0 Å². The molecule has 0 heterocycles. The first-order valence-corrected chi connectivity index (χ1v) is 7.27. The van der Waals surface area contributed by atoms with E-state index in [2.05, 4.69) is 5.32 Å². The molecule has 0 radical (unpaired) electrons. The Morgan fingerprint density at radius 3 is 2.26 bits per heavy atom. The number of nitrogens with one attached hydrogen (secondary N) is 1. The molecule has 2 amide bonds.